The third-order valence-electron chi connectivity index (χ3n) is 5.55. The Balaban J connectivity index is 1.36. The minimum Gasteiger partial charge on any atom is -0.464 e. The summed E-state index contributed by atoms with van der Waals surface area (Å²) in [5.41, 5.74) is 4.14. The predicted octanol–water partition coefficient (Wildman–Crippen LogP) is 3.27. The zero-order chi connectivity index (χ0) is 18.8. The first-order valence-electron chi connectivity index (χ1n) is 9.77. The van der Waals surface area contributed by atoms with Crippen LogP contribution in [0.2, 0.25) is 0 Å². The Kier molecular flexibility index (Phi) is 4.97. The second kappa shape index (κ2) is 7.55. The summed E-state index contributed by atoms with van der Waals surface area (Å²) in [7, 11) is 0. The molecule has 6 nitrogen and oxygen atoms in total. The van der Waals surface area contributed by atoms with Crippen LogP contribution in [0.3, 0.4) is 0 Å². The van der Waals surface area contributed by atoms with Crippen LogP contribution in [0.25, 0.3) is 11.0 Å². The number of carbonyl (C=O) groups excluding carboxylic acids is 1. The molecule has 0 radical (unpaired) electrons. The molecule has 27 heavy (non-hydrogen) atoms. The number of furan rings is 1. The van der Waals surface area contributed by atoms with Crippen molar-refractivity contribution in [3.8, 4) is 0 Å². The molecule has 0 fully saturated rings. The molecule has 1 aliphatic rings. The molecule has 0 saturated heterocycles. The summed E-state index contributed by atoms with van der Waals surface area (Å²) in [6.07, 6.45) is 7.36. The molecule has 0 aliphatic carbocycles. The van der Waals surface area contributed by atoms with Crippen LogP contribution in [0.5, 0.6) is 0 Å². The monoisotopic (exact) mass is 366 g/mol. The number of nitrogens with zero attached hydrogens (tertiary/aromatic N) is 3. The molecule has 3 aromatic rings. The van der Waals surface area contributed by atoms with Crippen molar-refractivity contribution in [2.24, 2.45) is 0 Å². The summed E-state index contributed by atoms with van der Waals surface area (Å²) < 4.78 is 7.93. The van der Waals surface area contributed by atoms with Gasteiger partial charge in [-0.3, -0.25) is 4.79 Å². The van der Waals surface area contributed by atoms with Crippen molar-refractivity contribution in [3.05, 3.63) is 46.7 Å². The smallest absolute Gasteiger partial charge is 0.224 e. The average molecular weight is 366 g/mol. The highest BCUT2D eigenvalue weighted by molar-refractivity contribution is 5.89. The largest absolute Gasteiger partial charge is 0.464 e. The van der Waals surface area contributed by atoms with Gasteiger partial charge in [-0.15, -0.1) is 10.2 Å². The van der Waals surface area contributed by atoms with E-state index in [4.69, 9.17) is 4.42 Å². The van der Waals surface area contributed by atoms with Crippen LogP contribution in [0.15, 0.2) is 22.8 Å². The van der Waals surface area contributed by atoms with Gasteiger partial charge in [0.2, 0.25) is 5.91 Å². The van der Waals surface area contributed by atoms with Crippen molar-refractivity contribution < 1.29 is 9.21 Å². The lowest BCUT2D eigenvalue weighted by molar-refractivity contribution is -0.120. The van der Waals surface area contributed by atoms with Gasteiger partial charge < -0.3 is 14.3 Å². The van der Waals surface area contributed by atoms with E-state index in [0.717, 1.165) is 46.7 Å². The van der Waals surface area contributed by atoms with Gasteiger partial charge in [-0.2, -0.15) is 0 Å². The van der Waals surface area contributed by atoms with Crippen molar-refractivity contribution in [2.75, 3.05) is 6.54 Å². The van der Waals surface area contributed by atoms with E-state index in [1.165, 1.54) is 24.8 Å². The van der Waals surface area contributed by atoms with E-state index < -0.39 is 0 Å². The van der Waals surface area contributed by atoms with E-state index in [9.17, 15) is 4.79 Å². The first kappa shape index (κ1) is 17.8. The summed E-state index contributed by atoms with van der Waals surface area (Å²) in [6.45, 7) is 5.68. The molecule has 2 aromatic heterocycles. The molecule has 3 heterocycles. The average Bonchev–Trinajstić information content (AvgIpc) is 3.15. The van der Waals surface area contributed by atoms with E-state index in [1.54, 1.807) is 6.26 Å². The summed E-state index contributed by atoms with van der Waals surface area (Å²) in [5, 5.41) is 12.7. The molecule has 142 valence electrons. The van der Waals surface area contributed by atoms with Crippen molar-refractivity contribution in [3.63, 3.8) is 0 Å². The lowest BCUT2D eigenvalue weighted by Gasteiger charge is -2.08. The lowest BCUT2D eigenvalue weighted by Crippen LogP contribution is -2.28. The van der Waals surface area contributed by atoms with Crippen LogP contribution in [0.4, 0.5) is 0 Å². The van der Waals surface area contributed by atoms with Crippen molar-refractivity contribution in [2.45, 2.75) is 58.9 Å². The molecule has 1 aliphatic heterocycles. The molecular formula is C21H26N4O2. The Morgan fingerprint density at radius 2 is 2.11 bits per heavy atom. The number of amides is 1. The van der Waals surface area contributed by atoms with Gasteiger partial charge in [-0.1, -0.05) is 18.6 Å². The number of rotatable bonds is 5. The number of carbonyl (C=O) groups is 1. The quantitative estimate of drug-likeness (QED) is 0.752. The highest BCUT2D eigenvalue weighted by Gasteiger charge is 2.15. The number of hydrogen-bond acceptors (Lipinski definition) is 4. The van der Waals surface area contributed by atoms with Crippen molar-refractivity contribution in [1.29, 1.82) is 0 Å². The molecule has 6 heteroatoms. The minimum atomic E-state index is 0.00605. The van der Waals surface area contributed by atoms with Crippen LogP contribution >= 0.6 is 0 Å². The van der Waals surface area contributed by atoms with Crippen molar-refractivity contribution in [1.82, 2.24) is 20.1 Å². The Hall–Kier alpha value is -2.63. The SMILES string of the molecule is Cc1ccc2c(CC(=O)NCCc3nnc4n3CCCCC4)coc2c1C. The second-order valence-corrected chi connectivity index (χ2v) is 7.42. The molecule has 0 atom stereocenters. The fourth-order valence-corrected chi connectivity index (χ4v) is 3.80. The number of benzene rings is 1. The van der Waals surface area contributed by atoms with Gasteiger partial charge in [0, 0.05) is 36.9 Å². The molecular weight excluding hydrogens is 340 g/mol. The number of aromatic nitrogens is 3. The Morgan fingerprint density at radius 3 is 3.00 bits per heavy atom. The molecule has 0 spiro atoms. The van der Waals surface area contributed by atoms with Gasteiger partial charge in [0.05, 0.1) is 12.7 Å². The molecule has 1 aromatic carbocycles. The van der Waals surface area contributed by atoms with Gasteiger partial charge >= 0.3 is 0 Å². The highest BCUT2D eigenvalue weighted by Crippen LogP contribution is 2.26. The van der Waals surface area contributed by atoms with Crippen LogP contribution in [-0.2, 0) is 30.6 Å². The summed E-state index contributed by atoms with van der Waals surface area (Å²) in [6, 6.07) is 4.11. The molecule has 0 saturated carbocycles. The van der Waals surface area contributed by atoms with E-state index in [-0.39, 0.29) is 5.91 Å². The van der Waals surface area contributed by atoms with E-state index in [0.29, 0.717) is 19.4 Å². The summed E-state index contributed by atoms with van der Waals surface area (Å²) in [5.74, 6) is 2.07. The molecule has 1 amide bonds. The van der Waals surface area contributed by atoms with Crippen LogP contribution in [-0.4, -0.2) is 27.2 Å². The standard InChI is InChI=1S/C21H26N4O2/c1-14-7-8-17-16(13-27-21(17)15(14)2)12-20(26)22-10-9-19-24-23-18-6-4-3-5-11-25(18)19/h7-8,13H,3-6,9-12H2,1-2H3,(H,22,26). The van der Waals surface area contributed by atoms with Gasteiger partial charge in [-0.05, 0) is 37.8 Å². The summed E-state index contributed by atoms with van der Waals surface area (Å²) >= 11 is 0. The van der Waals surface area contributed by atoms with Gasteiger partial charge in [0.15, 0.2) is 0 Å². The first-order chi connectivity index (χ1) is 13.1. The molecule has 0 unspecified atom stereocenters. The van der Waals surface area contributed by atoms with Crippen LogP contribution < -0.4 is 5.32 Å². The third-order valence-corrected chi connectivity index (χ3v) is 5.55. The molecule has 1 N–H and O–H groups in total. The van der Waals surface area contributed by atoms with Gasteiger partial charge in [-0.25, -0.2) is 0 Å². The van der Waals surface area contributed by atoms with Crippen LogP contribution in [0, 0.1) is 13.8 Å². The zero-order valence-corrected chi connectivity index (χ0v) is 16.0. The first-order valence-corrected chi connectivity index (χ1v) is 9.77. The Labute approximate surface area is 159 Å². The summed E-state index contributed by atoms with van der Waals surface area (Å²) in [4.78, 5) is 12.4. The van der Waals surface area contributed by atoms with E-state index >= 15 is 0 Å². The number of nitrogens with one attached hydrogen (secondary N) is 1. The molecule has 0 bridgehead atoms. The number of aryl methyl sites for hydroxylation is 3. The van der Waals surface area contributed by atoms with E-state index in [2.05, 4.69) is 33.1 Å². The molecule has 4 rings (SSSR count). The zero-order valence-electron chi connectivity index (χ0n) is 16.0. The topological polar surface area (TPSA) is 73.0 Å². The van der Waals surface area contributed by atoms with Gasteiger partial charge in [0.25, 0.3) is 0 Å². The maximum absolute atomic E-state index is 12.4. The normalized spacial score (nSPS) is 14.1. The fourth-order valence-electron chi connectivity index (χ4n) is 3.80. The number of fused-ring (bicyclic) bond motifs is 2. The minimum absolute atomic E-state index is 0.00605. The highest BCUT2D eigenvalue weighted by atomic mass is 16.3. The van der Waals surface area contributed by atoms with Gasteiger partial charge in [0.1, 0.15) is 17.2 Å². The third kappa shape index (κ3) is 3.61. The maximum atomic E-state index is 12.4. The fraction of sp³-hybridized carbons (Fsp3) is 0.476. The lowest BCUT2D eigenvalue weighted by atomic mass is 10.0. The second-order valence-electron chi connectivity index (χ2n) is 7.42. The Morgan fingerprint density at radius 1 is 1.22 bits per heavy atom. The maximum Gasteiger partial charge on any atom is 0.224 e. The number of hydrogen-bond donors (Lipinski definition) is 1. The predicted molar refractivity (Wildman–Crippen MR) is 104 cm³/mol. The van der Waals surface area contributed by atoms with Crippen LogP contribution in [0.1, 0.15) is 47.6 Å². The van der Waals surface area contributed by atoms with E-state index in [1.807, 2.05) is 13.0 Å². The Bertz CT molecular complexity index is 970. The van der Waals surface area contributed by atoms with Crippen molar-refractivity contribution >= 4 is 16.9 Å².